The van der Waals surface area contributed by atoms with Crippen molar-refractivity contribution < 1.29 is 18.0 Å². The summed E-state index contributed by atoms with van der Waals surface area (Å²) in [6, 6.07) is 12.8. The Morgan fingerprint density at radius 3 is 2.53 bits per heavy atom. The molecule has 32 heavy (non-hydrogen) atoms. The van der Waals surface area contributed by atoms with Crippen LogP contribution in [0.4, 0.5) is 19.0 Å². The van der Waals surface area contributed by atoms with Crippen LogP contribution >= 0.6 is 23.2 Å². The van der Waals surface area contributed by atoms with Gasteiger partial charge in [0.2, 0.25) is 0 Å². The number of carbonyl (C=O) groups excluding carboxylic acids is 1. The molecule has 1 N–H and O–H groups in total. The van der Waals surface area contributed by atoms with E-state index in [4.69, 9.17) is 23.2 Å². The standard InChI is InChI=1S/C22H19Cl2F3N4O/c1-30(12-13-5-3-2-4-6-13)21(32)18-11-20-28-17(14-7-8-15(23)16(24)9-14)10-19(22(25,26)27)31(20)29-18/h2-9,11,17,19,28H,10,12H2,1H3/t17-,19+/m1/s1. The van der Waals surface area contributed by atoms with E-state index in [0.717, 1.165) is 10.2 Å². The molecule has 0 fully saturated rings. The number of rotatable bonds is 4. The van der Waals surface area contributed by atoms with Crippen LogP contribution in [-0.2, 0) is 6.54 Å². The maximum atomic E-state index is 13.9. The lowest BCUT2D eigenvalue weighted by Gasteiger charge is -2.33. The van der Waals surface area contributed by atoms with Crippen molar-refractivity contribution in [3.05, 3.63) is 81.5 Å². The molecule has 168 valence electrons. The first-order valence-corrected chi connectivity index (χ1v) is 10.6. The van der Waals surface area contributed by atoms with Crippen LogP contribution < -0.4 is 5.32 Å². The maximum absolute atomic E-state index is 13.9. The van der Waals surface area contributed by atoms with Gasteiger partial charge in [0, 0.05) is 26.1 Å². The van der Waals surface area contributed by atoms with Crippen LogP contribution in [0, 0.1) is 0 Å². The van der Waals surface area contributed by atoms with Crippen LogP contribution in [0.15, 0.2) is 54.6 Å². The predicted molar refractivity (Wildman–Crippen MR) is 117 cm³/mol. The lowest BCUT2D eigenvalue weighted by Crippen LogP contribution is -2.35. The quantitative estimate of drug-likeness (QED) is 0.487. The fourth-order valence-corrected chi connectivity index (χ4v) is 4.06. The number of carbonyl (C=O) groups is 1. The topological polar surface area (TPSA) is 50.2 Å². The Morgan fingerprint density at radius 2 is 1.88 bits per heavy atom. The number of aromatic nitrogens is 2. The molecule has 10 heteroatoms. The molecule has 3 aromatic rings. The molecular weight excluding hydrogens is 464 g/mol. The van der Waals surface area contributed by atoms with Crippen molar-refractivity contribution in [3.8, 4) is 0 Å². The van der Waals surface area contributed by atoms with Crippen LogP contribution in [-0.4, -0.2) is 33.8 Å². The van der Waals surface area contributed by atoms with Crippen molar-refractivity contribution in [2.75, 3.05) is 12.4 Å². The first kappa shape index (κ1) is 22.5. The molecule has 2 heterocycles. The normalized spacial score (nSPS) is 18.1. The summed E-state index contributed by atoms with van der Waals surface area (Å²) < 4.78 is 42.5. The molecular formula is C22H19Cl2F3N4O. The van der Waals surface area contributed by atoms with Gasteiger partial charge in [0.1, 0.15) is 5.82 Å². The van der Waals surface area contributed by atoms with E-state index < -0.39 is 24.2 Å². The van der Waals surface area contributed by atoms with Gasteiger partial charge in [-0.1, -0.05) is 59.6 Å². The second-order valence-electron chi connectivity index (χ2n) is 7.67. The molecule has 4 rings (SSSR count). The minimum atomic E-state index is -4.55. The second-order valence-corrected chi connectivity index (χ2v) is 8.48. The summed E-state index contributed by atoms with van der Waals surface area (Å²) >= 11 is 12.0. The Hall–Kier alpha value is -2.71. The molecule has 1 aliphatic rings. The van der Waals surface area contributed by atoms with Crippen molar-refractivity contribution >= 4 is 34.9 Å². The van der Waals surface area contributed by atoms with Gasteiger partial charge in [-0.05, 0) is 23.3 Å². The van der Waals surface area contributed by atoms with E-state index in [1.165, 1.54) is 11.0 Å². The smallest absolute Gasteiger partial charge is 0.363 e. The van der Waals surface area contributed by atoms with E-state index in [9.17, 15) is 18.0 Å². The molecule has 0 bridgehead atoms. The summed E-state index contributed by atoms with van der Waals surface area (Å²) in [5.41, 5.74) is 1.41. The minimum absolute atomic E-state index is 0.0602. The number of fused-ring (bicyclic) bond motifs is 1. The largest absolute Gasteiger partial charge is 0.410 e. The van der Waals surface area contributed by atoms with Crippen molar-refractivity contribution in [2.24, 2.45) is 0 Å². The number of nitrogens with zero attached hydrogens (tertiary/aromatic N) is 3. The van der Waals surface area contributed by atoms with Crippen LogP contribution in [0.25, 0.3) is 0 Å². The molecule has 2 aromatic carbocycles. The summed E-state index contributed by atoms with van der Waals surface area (Å²) in [6.07, 6.45) is -4.85. The molecule has 0 saturated heterocycles. The first-order valence-electron chi connectivity index (χ1n) is 9.80. The highest BCUT2D eigenvalue weighted by molar-refractivity contribution is 6.42. The van der Waals surface area contributed by atoms with E-state index >= 15 is 0 Å². The number of nitrogens with one attached hydrogen (secondary N) is 1. The van der Waals surface area contributed by atoms with Gasteiger partial charge in [-0.2, -0.15) is 18.3 Å². The lowest BCUT2D eigenvalue weighted by atomic mass is 9.97. The van der Waals surface area contributed by atoms with Crippen molar-refractivity contribution in [1.82, 2.24) is 14.7 Å². The number of alkyl halides is 3. The lowest BCUT2D eigenvalue weighted by molar-refractivity contribution is -0.173. The molecule has 0 spiro atoms. The summed E-state index contributed by atoms with van der Waals surface area (Å²) in [5.74, 6) is -0.351. The zero-order chi connectivity index (χ0) is 23.0. The zero-order valence-electron chi connectivity index (χ0n) is 16.9. The first-order chi connectivity index (χ1) is 15.1. The Morgan fingerprint density at radius 1 is 1.16 bits per heavy atom. The van der Waals surface area contributed by atoms with Gasteiger partial charge in [-0.3, -0.25) is 4.79 Å². The molecule has 0 unspecified atom stereocenters. The summed E-state index contributed by atoms with van der Waals surface area (Å²) in [5, 5.41) is 7.64. The van der Waals surface area contributed by atoms with Gasteiger partial charge < -0.3 is 10.2 Å². The van der Waals surface area contributed by atoms with E-state index in [-0.39, 0.29) is 23.0 Å². The van der Waals surface area contributed by atoms with E-state index in [1.807, 2.05) is 30.3 Å². The summed E-state index contributed by atoms with van der Waals surface area (Å²) in [6.45, 7) is 0.309. The number of amides is 1. The Bertz CT molecular complexity index is 1130. The Kier molecular flexibility index (Phi) is 6.09. The Balaban J connectivity index is 1.63. The Labute approximate surface area is 192 Å². The predicted octanol–water partition coefficient (Wildman–Crippen LogP) is 6.12. The van der Waals surface area contributed by atoms with Gasteiger partial charge in [0.25, 0.3) is 5.91 Å². The minimum Gasteiger partial charge on any atom is -0.363 e. The third-order valence-corrected chi connectivity index (χ3v) is 6.10. The molecule has 1 amide bonds. The van der Waals surface area contributed by atoms with Gasteiger partial charge in [-0.25, -0.2) is 4.68 Å². The third kappa shape index (κ3) is 4.56. The van der Waals surface area contributed by atoms with Gasteiger partial charge >= 0.3 is 6.18 Å². The van der Waals surface area contributed by atoms with Crippen LogP contribution in [0.1, 0.15) is 40.1 Å². The highest BCUT2D eigenvalue weighted by Crippen LogP contribution is 2.44. The number of benzene rings is 2. The highest BCUT2D eigenvalue weighted by atomic mass is 35.5. The van der Waals surface area contributed by atoms with Crippen molar-refractivity contribution in [3.63, 3.8) is 0 Å². The molecule has 2 atom stereocenters. The molecule has 0 aliphatic carbocycles. The van der Waals surface area contributed by atoms with Gasteiger partial charge in [0.15, 0.2) is 11.7 Å². The summed E-state index contributed by atoms with van der Waals surface area (Å²) in [4.78, 5) is 14.3. The molecule has 5 nitrogen and oxygen atoms in total. The monoisotopic (exact) mass is 482 g/mol. The number of hydrogen-bond acceptors (Lipinski definition) is 3. The van der Waals surface area contributed by atoms with Crippen LogP contribution in [0.5, 0.6) is 0 Å². The van der Waals surface area contributed by atoms with Crippen LogP contribution in [0.2, 0.25) is 10.0 Å². The number of anilines is 1. The highest BCUT2D eigenvalue weighted by Gasteiger charge is 2.47. The van der Waals surface area contributed by atoms with Crippen molar-refractivity contribution in [2.45, 2.75) is 31.2 Å². The fraction of sp³-hybridized carbons (Fsp3) is 0.273. The van der Waals surface area contributed by atoms with Gasteiger partial charge in [0.05, 0.1) is 16.1 Å². The van der Waals surface area contributed by atoms with Crippen molar-refractivity contribution in [1.29, 1.82) is 0 Å². The van der Waals surface area contributed by atoms with Gasteiger partial charge in [-0.15, -0.1) is 0 Å². The SMILES string of the molecule is CN(Cc1ccccc1)C(=O)c1cc2n(n1)[C@H](C(F)(F)F)C[C@H](c1ccc(Cl)c(Cl)c1)N2. The van der Waals surface area contributed by atoms with Crippen LogP contribution in [0.3, 0.4) is 0 Å². The average molecular weight is 483 g/mol. The molecule has 0 radical (unpaired) electrons. The molecule has 1 aromatic heterocycles. The number of halogens is 5. The number of hydrogen-bond donors (Lipinski definition) is 1. The molecule has 0 saturated carbocycles. The zero-order valence-corrected chi connectivity index (χ0v) is 18.4. The summed E-state index contributed by atoms with van der Waals surface area (Å²) in [7, 11) is 1.58. The van der Waals surface area contributed by atoms with E-state index in [1.54, 1.807) is 25.2 Å². The third-order valence-electron chi connectivity index (χ3n) is 5.36. The fourth-order valence-electron chi connectivity index (χ4n) is 3.75. The second kappa shape index (κ2) is 8.67. The van der Waals surface area contributed by atoms with E-state index in [0.29, 0.717) is 17.1 Å². The van der Waals surface area contributed by atoms with E-state index in [2.05, 4.69) is 10.4 Å². The maximum Gasteiger partial charge on any atom is 0.410 e. The average Bonchev–Trinajstić information content (AvgIpc) is 3.18. The molecule has 1 aliphatic heterocycles.